The first-order valence-corrected chi connectivity index (χ1v) is 22.4. The summed E-state index contributed by atoms with van der Waals surface area (Å²) in [5, 5.41) is 9.64. The molecular formula is C48H71N3O6. The van der Waals surface area contributed by atoms with Gasteiger partial charge in [-0.15, -0.1) is 0 Å². The molecule has 57 heavy (non-hydrogen) atoms. The van der Waals surface area contributed by atoms with Crippen LogP contribution in [0, 0.1) is 56.7 Å². The summed E-state index contributed by atoms with van der Waals surface area (Å²) in [6.07, 6.45) is 13.3. The average Bonchev–Trinajstić information content (AvgIpc) is 3.69. The number of allylic oxidation sites excluding steroid dienone is 2. The van der Waals surface area contributed by atoms with Gasteiger partial charge in [-0.2, -0.15) is 0 Å². The van der Waals surface area contributed by atoms with Crippen LogP contribution in [0.25, 0.3) is 0 Å². The molecule has 7 rings (SSSR count). The van der Waals surface area contributed by atoms with Crippen LogP contribution in [0.3, 0.4) is 0 Å². The Labute approximate surface area is 342 Å². The van der Waals surface area contributed by atoms with E-state index in [2.05, 4.69) is 57.5 Å². The summed E-state index contributed by atoms with van der Waals surface area (Å²) in [6.45, 7) is 21.4. The monoisotopic (exact) mass is 786 g/mol. The number of nitrogens with zero attached hydrogens (tertiary/aromatic N) is 3. The van der Waals surface area contributed by atoms with Gasteiger partial charge in [-0.25, -0.2) is 0 Å². The Morgan fingerprint density at radius 2 is 1.74 bits per heavy atom. The average molecular weight is 786 g/mol. The lowest BCUT2D eigenvalue weighted by atomic mass is 9.36. The van der Waals surface area contributed by atoms with Crippen molar-refractivity contribution < 1.29 is 29.0 Å². The van der Waals surface area contributed by atoms with Crippen molar-refractivity contribution in [1.82, 2.24) is 14.8 Å². The maximum absolute atomic E-state index is 14.2. The SMILES string of the molecule is CC(C)C1=C2C3CCC4C(C)(CCC5C(C)(C)C(OC(=O)CC(C)(C)C(=O)O)CCC54C)C3CCC2(CCN(CCN2CCCC2=O)Cc2ccccn2)CC1=O. The Morgan fingerprint density at radius 1 is 0.982 bits per heavy atom. The van der Waals surface area contributed by atoms with Crippen molar-refractivity contribution in [3.63, 3.8) is 0 Å². The third-order valence-corrected chi connectivity index (χ3v) is 17.0. The van der Waals surface area contributed by atoms with Gasteiger partial charge in [0.15, 0.2) is 5.78 Å². The molecule has 5 aliphatic carbocycles. The van der Waals surface area contributed by atoms with E-state index >= 15 is 0 Å². The van der Waals surface area contributed by atoms with Crippen LogP contribution in [0.1, 0.15) is 145 Å². The zero-order chi connectivity index (χ0) is 41.1. The van der Waals surface area contributed by atoms with Crippen LogP contribution < -0.4 is 0 Å². The molecule has 0 aromatic carbocycles. The predicted octanol–water partition coefficient (Wildman–Crippen LogP) is 8.90. The number of ether oxygens (including phenoxy) is 1. The van der Waals surface area contributed by atoms with Crippen molar-refractivity contribution in [2.24, 2.45) is 56.7 Å². The number of amides is 1. The molecule has 8 atom stereocenters. The number of carbonyl (C=O) groups is 4. The van der Waals surface area contributed by atoms with Crippen molar-refractivity contribution >= 4 is 23.6 Å². The minimum atomic E-state index is -1.16. The normalized spacial score (nSPS) is 34.9. The lowest BCUT2D eigenvalue weighted by Gasteiger charge is -2.69. The van der Waals surface area contributed by atoms with E-state index in [0.29, 0.717) is 42.3 Å². The van der Waals surface area contributed by atoms with Gasteiger partial charge in [-0.3, -0.25) is 29.1 Å². The summed E-state index contributed by atoms with van der Waals surface area (Å²) in [7, 11) is 0. The molecule has 1 saturated heterocycles. The first-order chi connectivity index (χ1) is 26.8. The van der Waals surface area contributed by atoms with Crippen LogP contribution in [0.15, 0.2) is 35.5 Å². The highest BCUT2D eigenvalue weighted by Crippen LogP contribution is 2.73. The van der Waals surface area contributed by atoms with Gasteiger partial charge in [-0.05, 0) is 143 Å². The van der Waals surface area contributed by atoms with E-state index in [4.69, 9.17) is 4.74 Å². The maximum atomic E-state index is 14.2. The van der Waals surface area contributed by atoms with E-state index in [9.17, 15) is 24.3 Å². The van der Waals surface area contributed by atoms with Crippen LogP contribution in [0.2, 0.25) is 0 Å². The standard InChI is InChI=1S/C48H71N3O6/c1-31(2)41-35(52)28-48(22-25-50(30-32-12-9-10-23-49-32)26-27-51-24-11-13-39(51)53)21-16-34-33(42(41)48)14-15-37-46(34,7)19-17-36-45(5,6)38(18-20-47(36,37)8)57-40(54)29-44(3,4)43(55)56/h9-10,12,23,31,33-34,36-38H,11,13-22,24-30H2,1-8H3,(H,55,56). The number of esters is 1. The van der Waals surface area contributed by atoms with Gasteiger partial charge in [0.1, 0.15) is 6.10 Å². The second-order valence-corrected chi connectivity index (χ2v) is 21.4. The van der Waals surface area contributed by atoms with Gasteiger partial charge in [0.2, 0.25) is 5.91 Å². The zero-order valence-electron chi connectivity index (χ0n) is 36.3. The molecule has 1 aromatic rings. The number of pyridine rings is 1. The van der Waals surface area contributed by atoms with Gasteiger partial charge in [-0.1, -0.05) is 53.2 Å². The van der Waals surface area contributed by atoms with Crippen molar-refractivity contribution in [3.05, 3.63) is 41.2 Å². The van der Waals surface area contributed by atoms with Crippen LogP contribution >= 0.6 is 0 Å². The maximum Gasteiger partial charge on any atom is 0.309 e. The number of carboxylic acid groups (broad SMARTS) is 1. The second kappa shape index (κ2) is 15.5. The summed E-state index contributed by atoms with van der Waals surface area (Å²) in [4.78, 5) is 60.9. The smallest absolute Gasteiger partial charge is 0.309 e. The number of rotatable bonds is 13. The number of fused-ring (bicyclic) bond motifs is 7. The first-order valence-electron chi connectivity index (χ1n) is 22.4. The number of hydrogen-bond acceptors (Lipinski definition) is 7. The van der Waals surface area contributed by atoms with E-state index in [0.717, 1.165) is 108 Å². The number of aliphatic carboxylic acids is 1. The third-order valence-electron chi connectivity index (χ3n) is 17.0. The number of carboxylic acids is 1. The Bertz CT molecular complexity index is 1750. The number of aromatic nitrogens is 1. The quantitative estimate of drug-likeness (QED) is 0.197. The highest BCUT2D eigenvalue weighted by Gasteiger charge is 2.66. The number of carbonyl (C=O) groups excluding carboxylic acids is 3. The molecular weight excluding hydrogens is 715 g/mol. The molecule has 1 aliphatic heterocycles. The fourth-order valence-electron chi connectivity index (χ4n) is 14.1. The molecule has 1 N–H and O–H groups in total. The molecule has 2 heterocycles. The van der Waals surface area contributed by atoms with E-state index < -0.39 is 17.4 Å². The van der Waals surface area contributed by atoms with Crippen LogP contribution in [0.4, 0.5) is 0 Å². The minimum absolute atomic E-state index is 0.104. The molecule has 0 radical (unpaired) electrons. The molecule has 314 valence electrons. The van der Waals surface area contributed by atoms with Gasteiger partial charge in [0.05, 0.1) is 17.5 Å². The van der Waals surface area contributed by atoms with Gasteiger partial charge >= 0.3 is 11.9 Å². The van der Waals surface area contributed by atoms with Gasteiger partial charge in [0.25, 0.3) is 0 Å². The van der Waals surface area contributed by atoms with Crippen LogP contribution in [-0.2, 0) is 30.5 Å². The first kappa shape index (κ1) is 42.1. The van der Waals surface area contributed by atoms with Crippen molar-refractivity contribution in [3.8, 4) is 0 Å². The van der Waals surface area contributed by atoms with Crippen molar-refractivity contribution in [2.45, 2.75) is 152 Å². The number of hydrogen-bond donors (Lipinski definition) is 1. The largest absolute Gasteiger partial charge is 0.481 e. The molecule has 0 bridgehead atoms. The Balaban J connectivity index is 1.11. The lowest BCUT2D eigenvalue weighted by Crippen LogP contribution is -2.63. The molecule has 8 unspecified atom stereocenters. The Kier molecular flexibility index (Phi) is 11.4. The third kappa shape index (κ3) is 7.54. The molecule has 9 heteroatoms. The summed E-state index contributed by atoms with van der Waals surface area (Å²) >= 11 is 0. The number of Topliss-reactive ketones (excluding diaryl/α,β-unsaturated/α-hetero) is 1. The summed E-state index contributed by atoms with van der Waals surface area (Å²) < 4.78 is 6.19. The number of likely N-dealkylation sites (tertiary alicyclic amines) is 1. The topological polar surface area (TPSA) is 117 Å². The summed E-state index contributed by atoms with van der Waals surface area (Å²) in [6, 6.07) is 6.10. The van der Waals surface area contributed by atoms with Gasteiger partial charge < -0.3 is 14.7 Å². The van der Waals surface area contributed by atoms with Gasteiger partial charge in [0, 0.05) is 56.0 Å². The molecule has 6 aliphatic rings. The molecule has 9 nitrogen and oxygen atoms in total. The van der Waals surface area contributed by atoms with Crippen molar-refractivity contribution in [2.75, 3.05) is 26.2 Å². The van der Waals surface area contributed by atoms with Crippen molar-refractivity contribution in [1.29, 1.82) is 0 Å². The van der Waals surface area contributed by atoms with E-state index in [-0.39, 0.29) is 46.0 Å². The Morgan fingerprint density at radius 3 is 2.40 bits per heavy atom. The molecule has 1 amide bonds. The molecule has 0 spiro atoms. The Hall–Kier alpha value is -3.07. The molecule has 1 aromatic heterocycles. The fourth-order valence-corrected chi connectivity index (χ4v) is 14.1. The second-order valence-electron chi connectivity index (χ2n) is 21.4. The van der Waals surface area contributed by atoms with E-state index in [1.807, 2.05) is 23.2 Å². The summed E-state index contributed by atoms with van der Waals surface area (Å²) in [5.41, 5.74) is 2.51. The predicted molar refractivity (Wildman–Crippen MR) is 221 cm³/mol. The van der Waals surface area contributed by atoms with Crippen LogP contribution in [-0.4, -0.2) is 75.8 Å². The minimum Gasteiger partial charge on any atom is -0.481 e. The molecule has 5 fully saturated rings. The molecule has 4 saturated carbocycles. The highest BCUT2D eigenvalue weighted by molar-refractivity contribution is 6.00. The summed E-state index contributed by atoms with van der Waals surface area (Å²) in [5.74, 6) is 1.39. The lowest BCUT2D eigenvalue weighted by molar-refractivity contribution is -0.214. The highest BCUT2D eigenvalue weighted by atomic mass is 16.5. The number of ketones is 1. The van der Waals surface area contributed by atoms with E-state index in [1.165, 1.54) is 5.57 Å². The van der Waals surface area contributed by atoms with E-state index in [1.54, 1.807) is 13.8 Å². The zero-order valence-corrected chi connectivity index (χ0v) is 36.3. The van der Waals surface area contributed by atoms with Crippen LogP contribution in [0.5, 0.6) is 0 Å². The fraction of sp³-hybridized carbons (Fsp3) is 0.771.